The number of amides is 1. The number of thiophene rings is 1. The molecule has 27 heavy (non-hydrogen) atoms. The van der Waals surface area contributed by atoms with E-state index < -0.39 is 5.97 Å². The zero-order chi connectivity index (χ0) is 19.4. The van der Waals surface area contributed by atoms with Crippen LogP contribution in [0.15, 0.2) is 53.9 Å². The van der Waals surface area contributed by atoms with Gasteiger partial charge in [0.1, 0.15) is 18.4 Å². The van der Waals surface area contributed by atoms with Crippen molar-refractivity contribution in [1.29, 1.82) is 0 Å². The van der Waals surface area contributed by atoms with E-state index in [2.05, 4.69) is 12.2 Å². The molecule has 0 saturated carbocycles. The molecule has 0 aliphatic carbocycles. The monoisotopic (exact) mass is 375 g/mol. The molecule has 3 rings (SSSR count). The standard InChI is InChI=1S/C21H18BNO3S/c1-2-3-13-4-6-15(7-5-13)19(24)23-20-18(21(25)26)17(12-27-20)14-8-10-16(22)11-9-14/h4-12H,2-3H2,1H3,(H,23,24)(H,25,26). The summed E-state index contributed by atoms with van der Waals surface area (Å²) in [6, 6.07) is 14.3. The molecule has 0 aliphatic heterocycles. The number of rotatable bonds is 6. The Morgan fingerprint density at radius 2 is 1.74 bits per heavy atom. The minimum atomic E-state index is -1.09. The highest BCUT2D eigenvalue weighted by molar-refractivity contribution is 7.15. The fourth-order valence-corrected chi connectivity index (χ4v) is 3.78. The van der Waals surface area contributed by atoms with Gasteiger partial charge in [0.05, 0.1) is 0 Å². The Bertz CT molecular complexity index is 962. The molecule has 1 heterocycles. The third-order valence-electron chi connectivity index (χ3n) is 4.21. The third kappa shape index (κ3) is 4.28. The molecule has 1 amide bonds. The SMILES string of the molecule is [B]c1ccc(-c2csc(NC(=O)c3ccc(CCC)cc3)c2C(=O)O)cc1. The van der Waals surface area contributed by atoms with Crippen molar-refractivity contribution < 1.29 is 14.7 Å². The van der Waals surface area contributed by atoms with Crippen molar-refractivity contribution in [3.8, 4) is 11.1 Å². The number of carbonyl (C=O) groups is 2. The van der Waals surface area contributed by atoms with E-state index in [4.69, 9.17) is 7.85 Å². The van der Waals surface area contributed by atoms with Crippen LogP contribution >= 0.6 is 11.3 Å². The largest absolute Gasteiger partial charge is 0.478 e. The molecule has 134 valence electrons. The maximum Gasteiger partial charge on any atom is 0.339 e. The number of aromatic carboxylic acids is 1. The summed E-state index contributed by atoms with van der Waals surface area (Å²) in [4.78, 5) is 24.3. The number of anilines is 1. The first-order valence-corrected chi connectivity index (χ1v) is 9.48. The summed E-state index contributed by atoms with van der Waals surface area (Å²) in [6.07, 6.45) is 2.00. The second-order valence-corrected chi connectivity index (χ2v) is 7.06. The summed E-state index contributed by atoms with van der Waals surface area (Å²) in [5.74, 6) is -1.41. The predicted molar refractivity (Wildman–Crippen MR) is 110 cm³/mol. The molecular weight excluding hydrogens is 357 g/mol. The molecule has 0 saturated heterocycles. The van der Waals surface area contributed by atoms with Crippen LogP contribution in [0.2, 0.25) is 0 Å². The van der Waals surface area contributed by atoms with Crippen LogP contribution in [0.5, 0.6) is 0 Å². The summed E-state index contributed by atoms with van der Waals surface area (Å²) in [5.41, 5.74) is 3.64. The van der Waals surface area contributed by atoms with E-state index in [0.717, 1.165) is 18.4 Å². The molecule has 0 atom stereocenters. The molecule has 6 heteroatoms. The van der Waals surface area contributed by atoms with Gasteiger partial charge in [-0.25, -0.2) is 4.79 Å². The van der Waals surface area contributed by atoms with Crippen molar-refractivity contribution in [1.82, 2.24) is 0 Å². The second kappa shape index (κ2) is 8.23. The van der Waals surface area contributed by atoms with E-state index in [9.17, 15) is 14.7 Å². The normalized spacial score (nSPS) is 10.6. The lowest BCUT2D eigenvalue weighted by molar-refractivity contribution is 0.0699. The van der Waals surface area contributed by atoms with Crippen LogP contribution in [0.3, 0.4) is 0 Å². The molecule has 0 bridgehead atoms. The highest BCUT2D eigenvalue weighted by atomic mass is 32.1. The van der Waals surface area contributed by atoms with E-state index in [1.165, 1.54) is 16.9 Å². The summed E-state index contributed by atoms with van der Waals surface area (Å²) in [6.45, 7) is 2.10. The average Bonchev–Trinajstić information content (AvgIpc) is 3.07. The minimum absolute atomic E-state index is 0.0840. The van der Waals surface area contributed by atoms with E-state index in [0.29, 0.717) is 21.6 Å². The van der Waals surface area contributed by atoms with Crippen LogP contribution in [0.4, 0.5) is 5.00 Å². The average molecular weight is 375 g/mol. The second-order valence-electron chi connectivity index (χ2n) is 6.18. The van der Waals surface area contributed by atoms with Gasteiger partial charge >= 0.3 is 5.97 Å². The number of nitrogens with one attached hydrogen (secondary N) is 1. The summed E-state index contributed by atoms with van der Waals surface area (Å²) in [7, 11) is 5.70. The van der Waals surface area contributed by atoms with Gasteiger partial charge in [0.2, 0.25) is 0 Å². The first kappa shape index (κ1) is 18.9. The Hall–Kier alpha value is -2.86. The first-order chi connectivity index (χ1) is 13.0. The van der Waals surface area contributed by atoms with Crippen LogP contribution in [0.25, 0.3) is 11.1 Å². The zero-order valence-electron chi connectivity index (χ0n) is 14.9. The number of hydrogen-bond acceptors (Lipinski definition) is 3. The molecule has 2 N–H and O–H groups in total. The molecule has 2 aromatic carbocycles. The predicted octanol–water partition coefficient (Wildman–Crippen LogP) is 4.11. The molecule has 2 radical (unpaired) electrons. The van der Waals surface area contributed by atoms with Gasteiger partial charge in [-0.2, -0.15) is 0 Å². The Morgan fingerprint density at radius 3 is 2.33 bits per heavy atom. The van der Waals surface area contributed by atoms with Gasteiger partial charge < -0.3 is 10.4 Å². The lowest BCUT2D eigenvalue weighted by Gasteiger charge is -2.07. The number of carbonyl (C=O) groups excluding carboxylic acids is 1. The van der Waals surface area contributed by atoms with Crippen molar-refractivity contribution in [2.45, 2.75) is 19.8 Å². The number of hydrogen-bond donors (Lipinski definition) is 2. The van der Waals surface area contributed by atoms with Crippen molar-refractivity contribution in [2.24, 2.45) is 0 Å². The van der Waals surface area contributed by atoms with Crippen molar-refractivity contribution in [3.63, 3.8) is 0 Å². The quantitative estimate of drug-likeness (QED) is 0.637. The molecule has 4 nitrogen and oxygen atoms in total. The van der Waals surface area contributed by atoms with Crippen LogP contribution in [-0.4, -0.2) is 24.8 Å². The van der Waals surface area contributed by atoms with Gasteiger partial charge in [-0.15, -0.1) is 11.3 Å². The van der Waals surface area contributed by atoms with Gasteiger partial charge in [-0.05, 0) is 29.7 Å². The molecule has 0 spiro atoms. The fourth-order valence-electron chi connectivity index (χ4n) is 2.82. The van der Waals surface area contributed by atoms with E-state index in [-0.39, 0.29) is 11.5 Å². The Labute approximate surface area is 163 Å². The molecule has 3 aromatic rings. The van der Waals surface area contributed by atoms with Gasteiger partial charge in [0.15, 0.2) is 0 Å². The number of carboxylic acid groups (broad SMARTS) is 1. The molecule has 1 aromatic heterocycles. The highest BCUT2D eigenvalue weighted by Gasteiger charge is 2.21. The Morgan fingerprint density at radius 1 is 1.07 bits per heavy atom. The highest BCUT2D eigenvalue weighted by Crippen LogP contribution is 2.35. The molecule has 0 aliphatic rings. The maximum atomic E-state index is 12.5. The third-order valence-corrected chi connectivity index (χ3v) is 5.10. The summed E-state index contributed by atoms with van der Waals surface area (Å²) >= 11 is 1.19. The fraction of sp³-hybridized carbons (Fsp3) is 0.143. The van der Waals surface area contributed by atoms with Crippen LogP contribution < -0.4 is 10.8 Å². The molecule has 0 unspecified atom stereocenters. The van der Waals surface area contributed by atoms with Gasteiger partial charge in [-0.1, -0.05) is 55.2 Å². The smallest absolute Gasteiger partial charge is 0.339 e. The van der Waals surface area contributed by atoms with E-state index in [1.807, 2.05) is 12.1 Å². The van der Waals surface area contributed by atoms with E-state index in [1.54, 1.807) is 41.8 Å². The number of aryl methyl sites for hydroxylation is 1. The van der Waals surface area contributed by atoms with Crippen molar-refractivity contribution >= 4 is 41.5 Å². The number of carboxylic acids is 1. The summed E-state index contributed by atoms with van der Waals surface area (Å²) < 4.78 is 0. The van der Waals surface area contributed by atoms with E-state index >= 15 is 0 Å². The Kier molecular flexibility index (Phi) is 5.77. The first-order valence-electron chi connectivity index (χ1n) is 8.60. The van der Waals surface area contributed by atoms with Crippen molar-refractivity contribution in [3.05, 3.63) is 70.6 Å². The van der Waals surface area contributed by atoms with Crippen molar-refractivity contribution in [2.75, 3.05) is 5.32 Å². The van der Waals surface area contributed by atoms with Gasteiger partial charge in [0.25, 0.3) is 5.91 Å². The van der Waals surface area contributed by atoms with Gasteiger partial charge in [-0.3, -0.25) is 4.79 Å². The Balaban J connectivity index is 1.87. The molecular formula is C21H18BNO3S. The van der Waals surface area contributed by atoms with Crippen LogP contribution in [0.1, 0.15) is 39.6 Å². The van der Waals surface area contributed by atoms with Crippen LogP contribution in [-0.2, 0) is 6.42 Å². The lowest BCUT2D eigenvalue weighted by atomic mass is 9.93. The lowest BCUT2D eigenvalue weighted by Crippen LogP contribution is -2.13. The molecule has 0 fully saturated rings. The summed E-state index contributed by atoms with van der Waals surface area (Å²) in [5, 5.41) is 14.4. The maximum absolute atomic E-state index is 12.5. The number of benzene rings is 2. The van der Waals surface area contributed by atoms with Gasteiger partial charge in [0, 0.05) is 16.5 Å². The zero-order valence-corrected chi connectivity index (χ0v) is 15.7. The van der Waals surface area contributed by atoms with Crippen LogP contribution in [0, 0.1) is 0 Å². The topological polar surface area (TPSA) is 66.4 Å². The minimum Gasteiger partial charge on any atom is -0.478 e.